The van der Waals surface area contributed by atoms with Crippen molar-refractivity contribution in [3.63, 3.8) is 0 Å². The second-order valence-electron chi connectivity index (χ2n) is 31.3. The Balaban J connectivity index is 5.17. The van der Waals surface area contributed by atoms with Gasteiger partial charge in [0.2, 0.25) is 0 Å². The van der Waals surface area contributed by atoms with E-state index in [1.165, 1.54) is 231 Å². The summed E-state index contributed by atoms with van der Waals surface area (Å²) in [6, 6.07) is 0. The Bertz CT molecular complexity index is 1970. The first kappa shape index (κ1) is 100. The summed E-state index contributed by atoms with van der Waals surface area (Å²) >= 11 is 0. The van der Waals surface area contributed by atoms with Crippen molar-refractivity contribution in [1.82, 2.24) is 0 Å². The van der Waals surface area contributed by atoms with Gasteiger partial charge >= 0.3 is 39.5 Å². The average Bonchev–Trinajstić information content (AvgIpc) is 0.906. The molecule has 0 amide bonds. The predicted octanol–water partition coefficient (Wildman–Crippen LogP) is 24.9. The van der Waals surface area contributed by atoms with Crippen LogP contribution in [0.1, 0.15) is 434 Å². The van der Waals surface area contributed by atoms with Crippen molar-refractivity contribution in [2.45, 2.75) is 452 Å². The highest BCUT2D eigenvalue weighted by atomic mass is 31.2. The fourth-order valence-corrected chi connectivity index (χ4v) is 14.4. The van der Waals surface area contributed by atoms with Gasteiger partial charge in [0.15, 0.2) is 12.2 Å². The van der Waals surface area contributed by atoms with E-state index >= 15 is 0 Å². The van der Waals surface area contributed by atoms with Gasteiger partial charge < -0.3 is 33.8 Å². The maximum Gasteiger partial charge on any atom is 0.472 e. The molecule has 0 rings (SSSR count). The van der Waals surface area contributed by atoms with Gasteiger partial charge in [0, 0.05) is 25.7 Å². The Morgan fingerprint density at radius 1 is 0.265 bits per heavy atom. The summed E-state index contributed by atoms with van der Waals surface area (Å²) in [7, 11) is -9.92. The molecule has 5 atom stereocenters. The Morgan fingerprint density at radius 3 is 0.667 bits per heavy atom. The summed E-state index contributed by atoms with van der Waals surface area (Å²) in [5.41, 5.74) is 0. The van der Waals surface area contributed by atoms with Crippen LogP contribution in [0.5, 0.6) is 0 Å². The zero-order valence-electron chi connectivity index (χ0n) is 67.1. The number of hydrogen-bond donors (Lipinski definition) is 3. The van der Waals surface area contributed by atoms with Crippen molar-refractivity contribution in [2.75, 3.05) is 39.6 Å². The molecule has 17 nitrogen and oxygen atoms in total. The second-order valence-corrected chi connectivity index (χ2v) is 34.2. The largest absolute Gasteiger partial charge is 0.472 e. The van der Waals surface area contributed by atoms with E-state index in [2.05, 4.69) is 48.5 Å². The lowest BCUT2D eigenvalue weighted by Crippen LogP contribution is -2.30. The van der Waals surface area contributed by atoms with Gasteiger partial charge in [0.05, 0.1) is 26.4 Å². The van der Waals surface area contributed by atoms with E-state index in [9.17, 15) is 43.2 Å². The Labute approximate surface area is 626 Å². The lowest BCUT2D eigenvalue weighted by atomic mass is 10.0. The molecule has 0 aromatic carbocycles. The van der Waals surface area contributed by atoms with Gasteiger partial charge in [-0.1, -0.05) is 382 Å². The number of phosphoric acid groups is 2. The van der Waals surface area contributed by atoms with Gasteiger partial charge in [-0.2, -0.15) is 0 Å². The van der Waals surface area contributed by atoms with Crippen LogP contribution in [0.3, 0.4) is 0 Å². The molecule has 0 aromatic rings. The molecule has 0 radical (unpaired) electrons. The smallest absolute Gasteiger partial charge is 0.462 e. The molecule has 0 saturated heterocycles. The number of esters is 4. The number of carbonyl (C=O) groups is 4. The van der Waals surface area contributed by atoms with Crippen LogP contribution in [0.2, 0.25) is 0 Å². The molecular weight excluding hydrogens is 1330 g/mol. The molecule has 2 unspecified atom stereocenters. The highest BCUT2D eigenvalue weighted by molar-refractivity contribution is 7.47. The Kier molecular flexibility index (Phi) is 71.8. The number of phosphoric ester groups is 2. The van der Waals surface area contributed by atoms with Crippen LogP contribution < -0.4 is 0 Å². The van der Waals surface area contributed by atoms with Crippen LogP contribution in [0.4, 0.5) is 0 Å². The number of carbonyl (C=O) groups excluding carboxylic acids is 4. The van der Waals surface area contributed by atoms with E-state index < -0.39 is 97.5 Å². The first-order chi connectivity index (χ1) is 49.2. The zero-order chi connectivity index (χ0) is 75.1. The van der Waals surface area contributed by atoms with E-state index in [-0.39, 0.29) is 25.7 Å². The Hall–Kier alpha value is -1.94. The number of rotatable bonds is 81. The fraction of sp³-hybridized carbons (Fsp3) is 0.952. The minimum Gasteiger partial charge on any atom is -0.462 e. The van der Waals surface area contributed by atoms with Crippen molar-refractivity contribution in [3.8, 4) is 0 Å². The van der Waals surface area contributed by atoms with Crippen LogP contribution in [0.25, 0.3) is 0 Å². The molecular formula is C83H162O17P2. The predicted molar refractivity (Wildman–Crippen MR) is 418 cm³/mol. The van der Waals surface area contributed by atoms with E-state index in [0.717, 1.165) is 120 Å². The van der Waals surface area contributed by atoms with E-state index in [1.807, 2.05) is 0 Å². The number of aliphatic hydroxyl groups is 1. The van der Waals surface area contributed by atoms with Gasteiger partial charge in [0.1, 0.15) is 19.3 Å². The quantitative estimate of drug-likeness (QED) is 0.0222. The van der Waals surface area contributed by atoms with Crippen molar-refractivity contribution in [1.29, 1.82) is 0 Å². The molecule has 0 heterocycles. The third kappa shape index (κ3) is 76.3. The molecule has 0 saturated carbocycles. The van der Waals surface area contributed by atoms with Crippen LogP contribution in [0, 0.1) is 17.8 Å². The van der Waals surface area contributed by atoms with Gasteiger partial charge in [-0.25, -0.2) is 9.13 Å². The SMILES string of the molecule is CCCCCCCCCC(=O)OC[C@H](COP(=O)(O)OC[C@H](O)COP(=O)(O)OC[C@@H](COC(=O)CCCCCCCCCCCCCCCCCCC(C)C)OC(=O)CCCCCCCCCCCCCCCCCCC(C)C)OC(=O)CCCCCCCCCCCCCCCCC(C)C. The molecule has 0 aromatic heterocycles. The molecule has 0 bridgehead atoms. The zero-order valence-corrected chi connectivity index (χ0v) is 68.9. The standard InChI is InChI=1S/C83H162O17P2/c1-8-9-10-11-40-50-57-64-80(85)93-70-78(99-82(87)66-60-53-46-39-33-27-21-20-24-30-36-43-49-56-63-76(6)7)72-97-101(89,90)95-68-77(84)69-96-102(91,92)98-73-79(100-83(88)67-59-52-45-38-32-26-19-15-13-17-23-29-35-42-48-55-62-75(4)5)71-94-81(86)65-58-51-44-37-31-25-18-14-12-16-22-28-34-41-47-54-61-74(2)3/h74-79,84H,8-73H2,1-7H3,(H,89,90)(H,91,92)/t77-,78+,79+/m0/s1. The first-order valence-corrected chi connectivity index (χ1v) is 45.8. The van der Waals surface area contributed by atoms with Crippen molar-refractivity contribution in [3.05, 3.63) is 0 Å². The minimum atomic E-state index is -4.96. The molecule has 3 N–H and O–H groups in total. The number of hydrogen-bond acceptors (Lipinski definition) is 15. The highest BCUT2D eigenvalue weighted by Crippen LogP contribution is 2.45. The van der Waals surface area contributed by atoms with E-state index in [1.54, 1.807) is 0 Å². The van der Waals surface area contributed by atoms with Gasteiger partial charge in [-0.3, -0.25) is 37.3 Å². The Morgan fingerprint density at radius 2 is 0.451 bits per heavy atom. The van der Waals surface area contributed by atoms with Gasteiger partial charge in [0.25, 0.3) is 0 Å². The normalized spacial score (nSPS) is 13.9. The summed E-state index contributed by atoms with van der Waals surface area (Å²) in [6.07, 6.45) is 62.6. The molecule has 0 spiro atoms. The van der Waals surface area contributed by atoms with Crippen LogP contribution in [-0.4, -0.2) is 96.7 Å². The van der Waals surface area contributed by atoms with Crippen molar-refractivity contribution >= 4 is 39.5 Å². The fourth-order valence-electron chi connectivity index (χ4n) is 12.8. The monoisotopic (exact) mass is 1490 g/mol. The first-order valence-electron chi connectivity index (χ1n) is 42.8. The lowest BCUT2D eigenvalue weighted by molar-refractivity contribution is -0.161. The van der Waals surface area contributed by atoms with Crippen molar-refractivity contribution in [2.24, 2.45) is 17.8 Å². The second kappa shape index (κ2) is 73.2. The summed E-state index contributed by atoms with van der Waals surface area (Å²) in [6.45, 7) is 12.0. The maximum absolute atomic E-state index is 13.1. The summed E-state index contributed by atoms with van der Waals surface area (Å²) in [5.74, 6) is 0.305. The molecule has 606 valence electrons. The van der Waals surface area contributed by atoms with Crippen LogP contribution >= 0.6 is 15.6 Å². The molecule has 102 heavy (non-hydrogen) atoms. The van der Waals surface area contributed by atoms with Gasteiger partial charge in [-0.15, -0.1) is 0 Å². The van der Waals surface area contributed by atoms with Crippen molar-refractivity contribution < 1.29 is 80.2 Å². The number of aliphatic hydroxyl groups excluding tert-OH is 1. The summed E-state index contributed by atoms with van der Waals surface area (Å²) in [4.78, 5) is 73.0. The maximum atomic E-state index is 13.1. The van der Waals surface area contributed by atoms with Gasteiger partial charge in [-0.05, 0) is 43.4 Å². The molecule has 19 heteroatoms. The highest BCUT2D eigenvalue weighted by Gasteiger charge is 2.30. The van der Waals surface area contributed by atoms with Crippen LogP contribution in [0.15, 0.2) is 0 Å². The summed E-state index contributed by atoms with van der Waals surface area (Å²) < 4.78 is 68.7. The average molecular weight is 1490 g/mol. The third-order valence-electron chi connectivity index (χ3n) is 19.4. The lowest BCUT2D eigenvalue weighted by Gasteiger charge is -2.21. The molecule has 0 aliphatic carbocycles. The number of unbranched alkanes of at least 4 members (excludes halogenated alkanes) is 49. The van der Waals surface area contributed by atoms with E-state index in [4.69, 9.17) is 37.0 Å². The van der Waals surface area contributed by atoms with E-state index in [0.29, 0.717) is 25.7 Å². The molecule has 0 aliphatic heterocycles. The number of ether oxygens (including phenoxy) is 4. The topological polar surface area (TPSA) is 237 Å². The minimum absolute atomic E-state index is 0.107. The molecule has 0 fully saturated rings. The third-order valence-corrected chi connectivity index (χ3v) is 21.3. The molecule has 0 aliphatic rings. The summed E-state index contributed by atoms with van der Waals surface area (Å²) in [5, 5.41) is 10.6. The van der Waals surface area contributed by atoms with Crippen LogP contribution in [-0.2, 0) is 65.4 Å².